The lowest BCUT2D eigenvalue weighted by molar-refractivity contribution is -0.160. The Morgan fingerprint density at radius 2 is 2.00 bits per heavy atom. The number of nitrogens with one attached hydrogen (secondary N) is 2. The fraction of sp³-hybridized carbons (Fsp3) is 0.533. The summed E-state index contributed by atoms with van der Waals surface area (Å²) in [5.41, 5.74) is 0.854. The summed E-state index contributed by atoms with van der Waals surface area (Å²) in [5.74, 6) is 0.710. The zero-order valence-electron chi connectivity index (χ0n) is 12.9. The molecule has 2 N–H and O–H groups in total. The average Bonchev–Trinajstić information content (AvgIpc) is 3.03. The Morgan fingerprint density at radius 3 is 2.59 bits per heavy atom. The third kappa shape index (κ3) is 4.28. The van der Waals surface area contributed by atoms with E-state index in [1.807, 2.05) is 24.3 Å². The molecule has 7 heteroatoms. The predicted octanol–water partition coefficient (Wildman–Crippen LogP) is 2.25. The number of carbonyl (C=O) groups excluding carboxylic acids is 1. The lowest BCUT2D eigenvalue weighted by Crippen LogP contribution is -2.44. The Labute approximate surface area is 135 Å². The highest BCUT2D eigenvalue weighted by molar-refractivity contribution is 7.97. The summed E-state index contributed by atoms with van der Waals surface area (Å²) >= 11 is 1.38. The topological polar surface area (TPSA) is 68.8 Å². The number of amides is 2. The summed E-state index contributed by atoms with van der Waals surface area (Å²) in [4.78, 5) is 11.8. The third-order valence-electron chi connectivity index (χ3n) is 3.24. The van der Waals surface area contributed by atoms with E-state index < -0.39 is 5.79 Å². The van der Waals surface area contributed by atoms with E-state index in [-0.39, 0.29) is 12.6 Å². The minimum Gasteiger partial charge on any atom is -0.497 e. The molecule has 1 aromatic rings. The number of carbonyl (C=O) groups is 1. The Kier molecular flexibility index (Phi) is 6.35. The van der Waals surface area contributed by atoms with Gasteiger partial charge in [0.05, 0.1) is 26.9 Å². The van der Waals surface area contributed by atoms with E-state index in [1.165, 1.54) is 11.9 Å². The number of urea groups is 1. The summed E-state index contributed by atoms with van der Waals surface area (Å²) in [7, 11) is 1.62. The van der Waals surface area contributed by atoms with Gasteiger partial charge in [0.1, 0.15) is 5.75 Å². The number of ether oxygens (including phenoxy) is 3. The van der Waals surface area contributed by atoms with Gasteiger partial charge in [0.2, 0.25) is 5.79 Å². The summed E-state index contributed by atoms with van der Waals surface area (Å²) < 4.78 is 19.4. The molecule has 0 atom stereocenters. The minimum absolute atomic E-state index is 0.245. The molecular weight excluding hydrogens is 304 g/mol. The van der Waals surface area contributed by atoms with Gasteiger partial charge in [0.15, 0.2) is 0 Å². The number of methoxy groups -OCH3 is 1. The van der Waals surface area contributed by atoms with E-state index in [0.29, 0.717) is 13.2 Å². The Bertz CT molecular complexity index is 475. The third-order valence-corrected chi connectivity index (χ3v) is 4.18. The van der Waals surface area contributed by atoms with Gasteiger partial charge in [-0.1, -0.05) is 6.92 Å². The van der Waals surface area contributed by atoms with Gasteiger partial charge in [-0.05, 0) is 42.6 Å². The number of hydrogen-bond donors (Lipinski definition) is 2. The Morgan fingerprint density at radius 1 is 1.32 bits per heavy atom. The predicted molar refractivity (Wildman–Crippen MR) is 85.9 cm³/mol. The first-order chi connectivity index (χ1) is 10.7. The highest BCUT2D eigenvalue weighted by Gasteiger charge is 2.39. The van der Waals surface area contributed by atoms with Gasteiger partial charge in [-0.15, -0.1) is 0 Å². The van der Waals surface area contributed by atoms with Crippen LogP contribution in [0.1, 0.15) is 18.9 Å². The van der Waals surface area contributed by atoms with Crippen molar-refractivity contribution in [1.29, 1.82) is 0 Å². The van der Waals surface area contributed by atoms with Crippen LogP contribution in [0.25, 0.3) is 0 Å². The Hall–Kier alpha value is -1.44. The average molecular weight is 326 g/mol. The van der Waals surface area contributed by atoms with E-state index in [0.717, 1.165) is 23.5 Å². The van der Waals surface area contributed by atoms with Crippen molar-refractivity contribution >= 4 is 18.0 Å². The lowest BCUT2D eigenvalue weighted by Gasteiger charge is -2.28. The van der Waals surface area contributed by atoms with Crippen LogP contribution >= 0.6 is 11.9 Å². The van der Waals surface area contributed by atoms with Gasteiger partial charge >= 0.3 is 6.03 Å². The molecule has 2 rings (SSSR count). The largest absolute Gasteiger partial charge is 0.497 e. The molecule has 0 aromatic heterocycles. The van der Waals surface area contributed by atoms with Crippen LogP contribution in [-0.4, -0.2) is 38.7 Å². The number of rotatable bonds is 7. The molecular formula is C15H22N2O4S. The number of hydrogen-bond acceptors (Lipinski definition) is 5. The van der Waals surface area contributed by atoms with E-state index in [1.54, 1.807) is 7.11 Å². The summed E-state index contributed by atoms with van der Waals surface area (Å²) in [5, 5.41) is 2.80. The molecule has 0 unspecified atom stereocenters. The summed E-state index contributed by atoms with van der Waals surface area (Å²) in [6.07, 6.45) is 1.01. The van der Waals surface area contributed by atoms with Crippen molar-refractivity contribution in [3.8, 4) is 5.75 Å². The van der Waals surface area contributed by atoms with Crippen molar-refractivity contribution in [3.05, 3.63) is 29.8 Å². The molecule has 1 saturated heterocycles. The van der Waals surface area contributed by atoms with Gasteiger partial charge in [-0.2, -0.15) is 0 Å². The minimum atomic E-state index is -0.932. The van der Waals surface area contributed by atoms with E-state index >= 15 is 0 Å². The molecule has 1 heterocycles. The maximum absolute atomic E-state index is 11.8. The van der Waals surface area contributed by atoms with Crippen molar-refractivity contribution in [2.24, 2.45) is 0 Å². The van der Waals surface area contributed by atoms with Crippen LogP contribution in [0.4, 0.5) is 4.79 Å². The molecule has 1 aliphatic rings. The molecule has 6 nitrogen and oxygen atoms in total. The van der Waals surface area contributed by atoms with Crippen LogP contribution in [0.15, 0.2) is 24.3 Å². The standard InChI is InChI=1S/C15H22N2O4S/c1-3-10-22-17-14(18)16-11-15(20-8-9-21-15)12-4-6-13(19-2)7-5-12/h4-7H,3,8-11H2,1-2H3,(H2,16,17,18). The molecule has 0 aliphatic carbocycles. The first kappa shape index (κ1) is 16.9. The van der Waals surface area contributed by atoms with Crippen molar-refractivity contribution in [2.45, 2.75) is 19.1 Å². The van der Waals surface area contributed by atoms with Crippen LogP contribution < -0.4 is 14.8 Å². The molecule has 122 valence electrons. The molecule has 22 heavy (non-hydrogen) atoms. The van der Waals surface area contributed by atoms with Crippen LogP contribution in [-0.2, 0) is 15.3 Å². The van der Waals surface area contributed by atoms with Crippen LogP contribution in [0.3, 0.4) is 0 Å². The van der Waals surface area contributed by atoms with Crippen molar-refractivity contribution < 1.29 is 19.0 Å². The summed E-state index contributed by atoms with van der Waals surface area (Å²) in [6, 6.07) is 7.22. The van der Waals surface area contributed by atoms with Crippen LogP contribution in [0, 0.1) is 0 Å². The van der Waals surface area contributed by atoms with E-state index in [2.05, 4.69) is 17.0 Å². The first-order valence-electron chi connectivity index (χ1n) is 7.28. The quantitative estimate of drug-likeness (QED) is 0.594. The molecule has 0 saturated carbocycles. The van der Waals surface area contributed by atoms with Gasteiger partial charge in [0, 0.05) is 11.3 Å². The Balaban J connectivity index is 1.97. The maximum Gasteiger partial charge on any atom is 0.324 e. The zero-order chi connectivity index (χ0) is 15.8. The lowest BCUT2D eigenvalue weighted by atomic mass is 10.1. The van der Waals surface area contributed by atoms with Crippen molar-refractivity contribution in [2.75, 3.05) is 32.6 Å². The second kappa shape index (κ2) is 8.26. The fourth-order valence-corrected chi connectivity index (χ4v) is 2.63. The van der Waals surface area contributed by atoms with Crippen molar-refractivity contribution in [1.82, 2.24) is 10.0 Å². The van der Waals surface area contributed by atoms with Gasteiger partial charge in [-0.3, -0.25) is 4.72 Å². The molecule has 2 amide bonds. The molecule has 1 aromatic carbocycles. The highest BCUT2D eigenvalue weighted by atomic mass is 32.2. The van der Waals surface area contributed by atoms with E-state index in [4.69, 9.17) is 14.2 Å². The fourth-order valence-electron chi connectivity index (χ4n) is 2.12. The van der Waals surface area contributed by atoms with Crippen LogP contribution in [0.2, 0.25) is 0 Å². The van der Waals surface area contributed by atoms with Crippen molar-refractivity contribution in [3.63, 3.8) is 0 Å². The monoisotopic (exact) mass is 326 g/mol. The smallest absolute Gasteiger partial charge is 0.324 e. The van der Waals surface area contributed by atoms with E-state index in [9.17, 15) is 4.79 Å². The normalized spacial score (nSPS) is 16.3. The highest BCUT2D eigenvalue weighted by Crippen LogP contribution is 2.31. The molecule has 1 fully saturated rings. The zero-order valence-corrected chi connectivity index (χ0v) is 13.7. The maximum atomic E-state index is 11.8. The van der Waals surface area contributed by atoms with Gasteiger partial charge in [-0.25, -0.2) is 4.79 Å². The SMILES string of the molecule is CCCSNC(=O)NCC1(c2ccc(OC)cc2)OCCO1. The van der Waals surface area contributed by atoms with Crippen LogP contribution in [0.5, 0.6) is 5.75 Å². The first-order valence-corrected chi connectivity index (χ1v) is 8.27. The number of benzene rings is 1. The molecule has 1 aliphatic heterocycles. The summed E-state index contributed by atoms with van der Waals surface area (Å²) in [6.45, 7) is 3.31. The molecule has 0 spiro atoms. The second-order valence-corrected chi connectivity index (χ2v) is 5.71. The van der Waals surface area contributed by atoms with Gasteiger partial charge in [0.25, 0.3) is 0 Å². The molecule has 0 bridgehead atoms. The second-order valence-electron chi connectivity index (χ2n) is 4.81. The van der Waals surface area contributed by atoms with Gasteiger partial charge < -0.3 is 19.5 Å². The molecule has 0 radical (unpaired) electrons.